The van der Waals surface area contributed by atoms with Crippen molar-refractivity contribution >= 4 is 17.8 Å². The fourth-order valence-corrected chi connectivity index (χ4v) is 3.50. The molecule has 0 saturated carbocycles. The van der Waals surface area contributed by atoms with Crippen LogP contribution in [0.4, 0.5) is 0 Å². The number of nitrogens with zero attached hydrogens (tertiary/aromatic N) is 1. The van der Waals surface area contributed by atoms with Gasteiger partial charge >= 0.3 is 5.97 Å². The van der Waals surface area contributed by atoms with Crippen molar-refractivity contribution < 1.29 is 24.3 Å². The summed E-state index contributed by atoms with van der Waals surface area (Å²) in [4.78, 5) is 40.6. The van der Waals surface area contributed by atoms with E-state index in [1.54, 1.807) is 12.1 Å². The quantitative estimate of drug-likeness (QED) is 0.524. The van der Waals surface area contributed by atoms with Crippen LogP contribution in [0.25, 0.3) is 0 Å². The van der Waals surface area contributed by atoms with Crippen LogP contribution in [0.15, 0.2) is 84.9 Å². The highest BCUT2D eigenvalue weighted by molar-refractivity contribution is 6.02. The van der Waals surface area contributed by atoms with Gasteiger partial charge in [-0.15, -0.1) is 5.06 Å². The fourth-order valence-electron chi connectivity index (χ4n) is 3.50. The molecule has 30 heavy (non-hydrogen) atoms. The second-order valence-corrected chi connectivity index (χ2v) is 6.98. The molecule has 150 valence electrons. The van der Waals surface area contributed by atoms with Gasteiger partial charge in [0, 0.05) is 12.8 Å². The molecule has 0 unspecified atom stereocenters. The standard InChI is InChI=1S/C24H19NO5/c26-21-15-16-22(27)25(21)30-23(28)17-11-13-20(14-12-17)24(29,18-7-3-1-4-8-18)19-9-5-2-6-10-19/h1-14,29H,15-16H2. The van der Waals surface area contributed by atoms with Crippen LogP contribution in [0.5, 0.6) is 0 Å². The summed E-state index contributed by atoms with van der Waals surface area (Å²) >= 11 is 0. The number of aliphatic hydroxyl groups is 1. The van der Waals surface area contributed by atoms with Gasteiger partial charge in [-0.1, -0.05) is 72.8 Å². The van der Waals surface area contributed by atoms with E-state index in [1.807, 2.05) is 60.7 Å². The Bertz CT molecular complexity index is 1020. The second-order valence-electron chi connectivity index (χ2n) is 6.98. The highest BCUT2D eigenvalue weighted by atomic mass is 16.7. The number of rotatable bonds is 5. The molecule has 6 heteroatoms. The number of carbonyl (C=O) groups excluding carboxylic acids is 3. The lowest BCUT2D eigenvalue weighted by molar-refractivity contribution is -0.172. The molecule has 0 spiro atoms. The molecule has 1 heterocycles. The summed E-state index contributed by atoms with van der Waals surface area (Å²) in [6, 6.07) is 24.7. The number of amides is 2. The van der Waals surface area contributed by atoms with Crippen LogP contribution in [0.3, 0.4) is 0 Å². The molecule has 2 amide bonds. The average molecular weight is 401 g/mol. The molecule has 0 aliphatic carbocycles. The van der Waals surface area contributed by atoms with E-state index in [0.717, 1.165) is 0 Å². The van der Waals surface area contributed by atoms with Crippen LogP contribution in [0.1, 0.15) is 39.9 Å². The third-order valence-corrected chi connectivity index (χ3v) is 5.10. The van der Waals surface area contributed by atoms with E-state index >= 15 is 0 Å². The Kier molecular flexibility index (Phi) is 5.16. The average Bonchev–Trinajstić information content (AvgIpc) is 3.12. The Balaban J connectivity index is 1.66. The van der Waals surface area contributed by atoms with Gasteiger partial charge in [-0.3, -0.25) is 9.59 Å². The highest BCUT2D eigenvalue weighted by Crippen LogP contribution is 2.36. The minimum atomic E-state index is -1.42. The topological polar surface area (TPSA) is 83.9 Å². The Morgan fingerprint density at radius 3 is 1.63 bits per heavy atom. The lowest BCUT2D eigenvalue weighted by atomic mass is 9.80. The van der Waals surface area contributed by atoms with Crippen LogP contribution >= 0.6 is 0 Å². The molecule has 0 bridgehead atoms. The van der Waals surface area contributed by atoms with Gasteiger partial charge in [0.1, 0.15) is 5.60 Å². The molecule has 0 aromatic heterocycles. The summed E-state index contributed by atoms with van der Waals surface area (Å²) in [6.07, 6.45) is 0.0679. The number of hydrogen-bond donors (Lipinski definition) is 1. The van der Waals surface area contributed by atoms with Crippen molar-refractivity contribution in [3.8, 4) is 0 Å². The van der Waals surface area contributed by atoms with E-state index in [1.165, 1.54) is 12.1 Å². The summed E-state index contributed by atoms with van der Waals surface area (Å²) < 4.78 is 0. The normalized spacial score (nSPS) is 14.1. The van der Waals surface area contributed by atoms with Crippen molar-refractivity contribution in [2.24, 2.45) is 0 Å². The summed E-state index contributed by atoms with van der Waals surface area (Å²) in [5.41, 5.74) is 0.658. The third kappa shape index (κ3) is 3.49. The monoisotopic (exact) mass is 401 g/mol. The first-order valence-corrected chi connectivity index (χ1v) is 9.52. The molecule has 1 fully saturated rings. The molecular weight excluding hydrogens is 382 g/mol. The van der Waals surface area contributed by atoms with Gasteiger partial charge in [0.2, 0.25) is 0 Å². The van der Waals surface area contributed by atoms with Gasteiger partial charge < -0.3 is 9.94 Å². The van der Waals surface area contributed by atoms with E-state index in [2.05, 4.69) is 0 Å². The van der Waals surface area contributed by atoms with Gasteiger partial charge in [-0.2, -0.15) is 0 Å². The second kappa shape index (κ2) is 7.93. The molecule has 1 N–H and O–H groups in total. The maximum Gasteiger partial charge on any atom is 0.363 e. The zero-order chi connectivity index (χ0) is 21.1. The van der Waals surface area contributed by atoms with Crippen molar-refractivity contribution in [1.82, 2.24) is 5.06 Å². The zero-order valence-electron chi connectivity index (χ0n) is 16.0. The number of hydrogen-bond acceptors (Lipinski definition) is 5. The van der Waals surface area contributed by atoms with Crippen LogP contribution < -0.4 is 0 Å². The fraction of sp³-hybridized carbons (Fsp3) is 0.125. The van der Waals surface area contributed by atoms with Crippen LogP contribution in [0, 0.1) is 0 Å². The molecule has 0 atom stereocenters. The molecular formula is C24H19NO5. The molecule has 1 saturated heterocycles. The summed E-state index contributed by atoms with van der Waals surface area (Å²) in [6.45, 7) is 0. The molecule has 6 nitrogen and oxygen atoms in total. The van der Waals surface area contributed by atoms with E-state index in [9.17, 15) is 19.5 Å². The van der Waals surface area contributed by atoms with Crippen molar-refractivity contribution in [3.05, 3.63) is 107 Å². The first-order valence-electron chi connectivity index (χ1n) is 9.52. The number of benzene rings is 3. The Morgan fingerprint density at radius 1 is 0.733 bits per heavy atom. The van der Waals surface area contributed by atoms with Crippen LogP contribution in [-0.4, -0.2) is 28.0 Å². The van der Waals surface area contributed by atoms with E-state index < -0.39 is 23.4 Å². The highest BCUT2D eigenvalue weighted by Gasteiger charge is 2.35. The lowest BCUT2D eigenvalue weighted by Gasteiger charge is -2.30. The zero-order valence-corrected chi connectivity index (χ0v) is 16.0. The van der Waals surface area contributed by atoms with Crippen molar-refractivity contribution in [3.63, 3.8) is 0 Å². The lowest BCUT2D eigenvalue weighted by Crippen LogP contribution is -2.32. The van der Waals surface area contributed by atoms with E-state index in [-0.39, 0.29) is 18.4 Å². The number of hydroxylamine groups is 2. The number of imide groups is 1. The van der Waals surface area contributed by atoms with Gasteiger partial charge in [0.15, 0.2) is 0 Å². The Labute approximate surface area is 173 Å². The third-order valence-electron chi connectivity index (χ3n) is 5.10. The van der Waals surface area contributed by atoms with Crippen molar-refractivity contribution in [1.29, 1.82) is 0 Å². The largest absolute Gasteiger partial charge is 0.376 e. The Morgan fingerprint density at radius 2 is 1.17 bits per heavy atom. The maximum absolute atomic E-state index is 12.4. The summed E-state index contributed by atoms with van der Waals surface area (Å²) in [5.74, 6) is -1.88. The van der Waals surface area contributed by atoms with Gasteiger partial charge in [0.05, 0.1) is 5.56 Å². The predicted octanol–water partition coefficient (Wildman–Crippen LogP) is 3.19. The van der Waals surface area contributed by atoms with E-state index in [4.69, 9.17) is 4.84 Å². The molecule has 3 aromatic carbocycles. The molecule has 0 radical (unpaired) electrons. The van der Waals surface area contributed by atoms with Gasteiger partial charge in [-0.05, 0) is 28.8 Å². The first kappa shape index (κ1) is 19.5. The van der Waals surface area contributed by atoms with Crippen molar-refractivity contribution in [2.45, 2.75) is 18.4 Å². The van der Waals surface area contributed by atoms with Crippen LogP contribution in [-0.2, 0) is 20.0 Å². The summed E-state index contributed by atoms with van der Waals surface area (Å²) in [5, 5.41) is 12.3. The van der Waals surface area contributed by atoms with E-state index in [0.29, 0.717) is 21.8 Å². The maximum atomic E-state index is 12.4. The molecule has 4 rings (SSSR count). The molecule has 1 aliphatic rings. The van der Waals surface area contributed by atoms with Crippen molar-refractivity contribution in [2.75, 3.05) is 0 Å². The van der Waals surface area contributed by atoms with Gasteiger partial charge in [0.25, 0.3) is 11.8 Å². The van der Waals surface area contributed by atoms with Crippen LogP contribution in [0.2, 0.25) is 0 Å². The first-order chi connectivity index (χ1) is 14.5. The predicted molar refractivity (Wildman–Crippen MR) is 108 cm³/mol. The Hall–Kier alpha value is -3.77. The SMILES string of the molecule is O=C(ON1C(=O)CCC1=O)c1ccc(C(O)(c2ccccc2)c2ccccc2)cc1. The minimum absolute atomic E-state index is 0.0340. The molecule has 3 aromatic rings. The minimum Gasteiger partial charge on any atom is -0.376 e. The smallest absolute Gasteiger partial charge is 0.363 e. The molecule has 1 aliphatic heterocycles. The van der Waals surface area contributed by atoms with Gasteiger partial charge in [-0.25, -0.2) is 4.79 Å². The summed E-state index contributed by atoms with van der Waals surface area (Å²) in [7, 11) is 0. The number of carbonyl (C=O) groups is 3.